The Bertz CT molecular complexity index is 140. The zero-order valence-corrected chi connectivity index (χ0v) is 10.8. The van der Waals surface area contributed by atoms with Gasteiger partial charge in [-0.05, 0) is 39.5 Å². The highest BCUT2D eigenvalue weighted by Crippen LogP contribution is 2.19. The van der Waals surface area contributed by atoms with Crippen LogP contribution in [0.1, 0.15) is 54.4 Å². The van der Waals surface area contributed by atoms with E-state index in [2.05, 4.69) is 32.8 Å². The van der Waals surface area contributed by atoms with E-state index in [0.717, 1.165) is 19.0 Å². The van der Waals surface area contributed by atoms with Crippen molar-refractivity contribution in [3.63, 3.8) is 0 Å². The van der Waals surface area contributed by atoms with Crippen molar-refractivity contribution in [1.29, 1.82) is 0 Å². The maximum atomic E-state index is 5.78. The van der Waals surface area contributed by atoms with Crippen molar-refractivity contribution in [1.82, 2.24) is 5.06 Å². The van der Waals surface area contributed by atoms with Crippen molar-refractivity contribution in [3.8, 4) is 0 Å². The third-order valence-corrected chi connectivity index (χ3v) is 2.02. The molecule has 2 nitrogen and oxygen atoms in total. The van der Waals surface area contributed by atoms with Crippen molar-refractivity contribution in [2.45, 2.75) is 60.0 Å². The molecule has 0 aromatic heterocycles. The molecule has 1 fully saturated rings. The van der Waals surface area contributed by atoms with Gasteiger partial charge in [0.1, 0.15) is 0 Å². The number of piperidine rings is 1. The first kappa shape index (κ1) is 13.9. The number of hydrogen-bond donors (Lipinski definition) is 0. The molecule has 0 spiro atoms. The highest BCUT2D eigenvalue weighted by Gasteiger charge is 2.21. The van der Waals surface area contributed by atoms with Gasteiger partial charge in [0.05, 0.1) is 5.60 Å². The van der Waals surface area contributed by atoms with Gasteiger partial charge in [0.15, 0.2) is 0 Å². The molecule has 0 unspecified atom stereocenters. The molecule has 0 radical (unpaired) electrons. The topological polar surface area (TPSA) is 12.5 Å². The molecular formula is C12H27NO. The van der Waals surface area contributed by atoms with Crippen LogP contribution in [0.2, 0.25) is 0 Å². The Balaban J connectivity index is 0.000000791. The number of nitrogens with zero attached hydrogens (tertiary/aromatic N) is 1. The number of hydrogen-bond acceptors (Lipinski definition) is 2. The van der Waals surface area contributed by atoms with Gasteiger partial charge in [0.2, 0.25) is 0 Å². The monoisotopic (exact) mass is 201 g/mol. The van der Waals surface area contributed by atoms with Gasteiger partial charge in [0.25, 0.3) is 0 Å². The van der Waals surface area contributed by atoms with Crippen molar-refractivity contribution in [2.24, 2.45) is 5.92 Å². The summed E-state index contributed by atoms with van der Waals surface area (Å²) in [5, 5.41) is 2.12. The summed E-state index contributed by atoms with van der Waals surface area (Å²) in [6.07, 6.45) is 2.63. The van der Waals surface area contributed by atoms with E-state index in [4.69, 9.17) is 4.84 Å². The molecule has 0 amide bonds. The lowest BCUT2D eigenvalue weighted by Crippen LogP contribution is -2.40. The second kappa shape index (κ2) is 6.41. The van der Waals surface area contributed by atoms with E-state index in [-0.39, 0.29) is 5.60 Å². The van der Waals surface area contributed by atoms with Crippen LogP contribution in [-0.2, 0) is 4.84 Å². The van der Waals surface area contributed by atoms with E-state index in [1.54, 1.807) is 0 Å². The summed E-state index contributed by atoms with van der Waals surface area (Å²) in [7, 11) is 0. The van der Waals surface area contributed by atoms with Gasteiger partial charge in [-0.15, -0.1) is 0 Å². The Morgan fingerprint density at radius 1 is 1.21 bits per heavy atom. The molecule has 1 saturated heterocycles. The van der Waals surface area contributed by atoms with E-state index < -0.39 is 0 Å². The smallest absolute Gasteiger partial charge is 0.0815 e. The third-order valence-electron chi connectivity index (χ3n) is 2.02. The minimum Gasteiger partial charge on any atom is -0.293 e. The highest BCUT2D eigenvalue weighted by atomic mass is 16.7. The maximum absolute atomic E-state index is 5.78. The molecule has 1 aliphatic rings. The van der Waals surface area contributed by atoms with E-state index in [0.29, 0.717) is 0 Å². The van der Waals surface area contributed by atoms with Gasteiger partial charge in [-0.25, -0.2) is 0 Å². The van der Waals surface area contributed by atoms with E-state index in [1.807, 2.05) is 13.8 Å². The molecule has 1 atom stereocenters. The van der Waals surface area contributed by atoms with E-state index >= 15 is 0 Å². The predicted octanol–water partition coefficient (Wildman–Crippen LogP) is 3.47. The lowest BCUT2D eigenvalue weighted by Gasteiger charge is -2.34. The third kappa shape index (κ3) is 6.39. The lowest BCUT2D eigenvalue weighted by atomic mass is 10.0. The van der Waals surface area contributed by atoms with Crippen LogP contribution in [-0.4, -0.2) is 23.8 Å². The maximum Gasteiger partial charge on any atom is 0.0815 e. The Morgan fingerprint density at radius 2 is 1.79 bits per heavy atom. The zero-order valence-electron chi connectivity index (χ0n) is 10.8. The van der Waals surface area contributed by atoms with Crippen molar-refractivity contribution in [3.05, 3.63) is 0 Å². The summed E-state index contributed by atoms with van der Waals surface area (Å²) < 4.78 is 0. The Kier molecular flexibility index (Phi) is 6.38. The first-order valence-corrected chi connectivity index (χ1v) is 5.91. The Morgan fingerprint density at radius 3 is 2.21 bits per heavy atom. The molecule has 0 aliphatic carbocycles. The Hall–Kier alpha value is -0.0800. The van der Waals surface area contributed by atoms with Gasteiger partial charge in [-0.1, -0.05) is 20.8 Å². The molecule has 1 aliphatic heterocycles. The van der Waals surface area contributed by atoms with Crippen LogP contribution in [0.4, 0.5) is 0 Å². The molecule has 14 heavy (non-hydrogen) atoms. The fourth-order valence-electron chi connectivity index (χ4n) is 1.62. The fraction of sp³-hybridized carbons (Fsp3) is 1.00. The Labute approximate surface area is 89.6 Å². The summed E-state index contributed by atoms with van der Waals surface area (Å²) in [6.45, 7) is 14.8. The molecule has 1 heterocycles. The summed E-state index contributed by atoms with van der Waals surface area (Å²) in [4.78, 5) is 5.78. The van der Waals surface area contributed by atoms with E-state index in [1.165, 1.54) is 12.8 Å². The van der Waals surface area contributed by atoms with Crippen molar-refractivity contribution >= 4 is 0 Å². The molecule has 2 heteroatoms. The van der Waals surface area contributed by atoms with E-state index in [9.17, 15) is 0 Å². The van der Waals surface area contributed by atoms with Crippen molar-refractivity contribution in [2.75, 3.05) is 13.1 Å². The van der Waals surface area contributed by atoms with Gasteiger partial charge in [-0.2, -0.15) is 5.06 Å². The van der Waals surface area contributed by atoms with Crippen LogP contribution in [0.5, 0.6) is 0 Å². The van der Waals surface area contributed by atoms with Crippen LogP contribution >= 0.6 is 0 Å². The van der Waals surface area contributed by atoms with Crippen LogP contribution in [0, 0.1) is 5.92 Å². The first-order chi connectivity index (χ1) is 6.47. The van der Waals surface area contributed by atoms with Gasteiger partial charge in [-0.3, -0.25) is 4.84 Å². The summed E-state index contributed by atoms with van der Waals surface area (Å²) in [6, 6.07) is 0. The average Bonchev–Trinajstić information content (AvgIpc) is 2.04. The quantitative estimate of drug-likeness (QED) is 0.644. The van der Waals surface area contributed by atoms with Gasteiger partial charge < -0.3 is 0 Å². The van der Waals surface area contributed by atoms with Crippen LogP contribution in [0.25, 0.3) is 0 Å². The molecule has 86 valence electrons. The molecule has 0 N–H and O–H groups in total. The predicted molar refractivity (Wildman–Crippen MR) is 62.2 cm³/mol. The van der Waals surface area contributed by atoms with Crippen LogP contribution in [0.3, 0.4) is 0 Å². The number of hydroxylamine groups is 2. The van der Waals surface area contributed by atoms with Crippen LogP contribution in [0.15, 0.2) is 0 Å². The normalized spacial score (nSPS) is 24.0. The van der Waals surface area contributed by atoms with Crippen molar-refractivity contribution < 1.29 is 4.84 Å². The lowest BCUT2D eigenvalue weighted by molar-refractivity contribution is -0.240. The fourth-order valence-corrected chi connectivity index (χ4v) is 1.62. The second-order valence-electron chi connectivity index (χ2n) is 4.84. The zero-order chi connectivity index (χ0) is 11.2. The molecule has 0 saturated carbocycles. The minimum absolute atomic E-state index is 0.0307. The molecule has 0 bridgehead atoms. The summed E-state index contributed by atoms with van der Waals surface area (Å²) >= 11 is 0. The largest absolute Gasteiger partial charge is 0.293 e. The standard InChI is InChI=1S/C10H21NO.C2H6/c1-9-6-5-7-11(8-9)12-10(2,3)4;1-2/h9H,5-8H2,1-4H3;1-2H3/t9-;/m1./s1. The average molecular weight is 201 g/mol. The second-order valence-corrected chi connectivity index (χ2v) is 4.84. The SMILES string of the molecule is CC.C[C@@H]1CCCN(OC(C)(C)C)C1. The molecular weight excluding hydrogens is 174 g/mol. The molecule has 0 aromatic carbocycles. The minimum atomic E-state index is -0.0307. The first-order valence-electron chi connectivity index (χ1n) is 5.91. The highest BCUT2D eigenvalue weighted by molar-refractivity contribution is 4.66. The van der Waals surface area contributed by atoms with Gasteiger partial charge >= 0.3 is 0 Å². The summed E-state index contributed by atoms with van der Waals surface area (Å²) in [5.74, 6) is 0.793. The number of rotatable bonds is 1. The van der Waals surface area contributed by atoms with Gasteiger partial charge in [0, 0.05) is 13.1 Å². The molecule has 1 rings (SSSR count). The molecule has 0 aromatic rings. The van der Waals surface area contributed by atoms with Crippen LogP contribution < -0.4 is 0 Å². The summed E-state index contributed by atoms with van der Waals surface area (Å²) in [5.41, 5.74) is -0.0307.